The van der Waals surface area contributed by atoms with Crippen molar-refractivity contribution < 1.29 is 14.3 Å². The van der Waals surface area contributed by atoms with Crippen molar-refractivity contribution in [2.24, 2.45) is 0 Å². The molecule has 0 saturated carbocycles. The summed E-state index contributed by atoms with van der Waals surface area (Å²) in [5, 5.41) is 4.16. The molecule has 0 N–H and O–H groups in total. The minimum Gasteiger partial charge on any atom is -0.490 e. The lowest BCUT2D eigenvalue weighted by atomic mass is 9.89. The zero-order chi connectivity index (χ0) is 15.4. The number of ether oxygens (including phenoxy) is 2. The van der Waals surface area contributed by atoms with Crippen LogP contribution in [-0.2, 0) is 11.2 Å². The van der Waals surface area contributed by atoms with Gasteiger partial charge in [-0.15, -0.1) is 0 Å². The number of esters is 1. The first-order chi connectivity index (χ1) is 10.0. The third kappa shape index (κ3) is 3.88. The molecule has 2 aromatic rings. The molecule has 21 heavy (non-hydrogen) atoms. The largest absolute Gasteiger partial charge is 0.490 e. The number of benzene rings is 1. The van der Waals surface area contributed by atoms with Gasteiger partial charge >= 0.3 is 5.97 Å². The Kier molecular flexibility index (Phi) is 5.07. The van der Waals surface area contributed by atoms with E-state index in [1.807, 2.05) is 13.8 Å². The monoisotopic (exact) mass is 300 g/mol. The Morgan fingerprint density at radius 1 is 1.43 bits per heavy atom. The molecular formula is C16H17BO3S. The van der Waals surface area contributed by atoms with Crippen LogP contribution in [0.25, 0.3) is 0 Å². The van der Waals surface area contributed by atoms with Gasteiger partial charge in [-0.1, -0.05) is 5.46 Å². The molecule has 0 aliphatic rings. The number of methoxy groups -OCH3 is 1. The first-order valence-corrected chi connectivity index (χ1v) is 7.61. The van der Waals surface area contributed by atoms with Gasteiger partial charge in [0.2, 0.25) is 0 Å². The van der Waals surface area contributed by atoms with Crippen molar-refractivity contribution in [1.82, 2.24) is 0 Å². The zero-order valence-electron chi connectivity index (χ0n) is 12.4. The van der Waals surface area contributed by atoms with Crippen LogP contribution in [0.5, 0.6) is 5.75 Å². The van der Waals surface area contributed by atoms with Crippen molar-refractivity contribution in [3.8, 4) is 5.75 Å². The predicted octanol–water partition coefficient (Wildman–Crippen LogP) is 2.65. The minimum absolute atomic E-state index is 0.0293. The number of rotatable bonds is 5. The van der Waals surface area contributed by atoms with Gasteiger partial charge in [-0.3, -0.25) is 0 Å². The summed E-state index contributed by atoms with van der Waals surface area (Å²) in [6.07, 6.45) is 0.864. The van der Waals surface area contributed by atoms with Crippen LogP contribution in [0.15, 0.2) is 29.0 Å². The normalized spacial score (nSPS) is 12.0. The topological polar surface area (TPSA) is 35.5 Å². The quantitative estimate of drug-likeness (QED) is 0.629. The van der Waals surface area contributed by atoms with Crippen LogP contribution in [0.2, 0.25) is 0 Å². The van der Waals surface area contributed by atoms with Crippen LogP contribution in [0.4, 0.5) is 0 Å². The van der Waals surface area contributed by atoms with Gasteiger partial charge < -0.3 is 9.47 Å². The summed E-state index contributed by atoms with van der Waals surface area (Å²) >= 11 is 1.67. The van der Waals surface area contributed by atoms with E-state index in [4.69, 9.17) is 17.3 Å². The molecule has 0 bridgehead atoms. The third-order valence-corrected chi connectivity index (χ3v) is 3.92. The van der Waals surface area contributed by atoms with E-state index >= 15 is 0 Å². The smallest absolute Gasteiger partial charge is 0.337 e. The Balaban J connectivity index is 2.13. The molecule has 0 aliphatic heterocycles. The second-order valence-electron chi connectivity index (χ2n) is 4.96. The summed E-state index contributed by atoms with van der Waals surface area (Å²) in [7, 11) is 7.24. The van der Waals surface area contributed by atoms with Crippen LogP contribution in [0.3, 0.4) is 0 Å². The fourth-order valence-corrected chi connectivity index (χ4v) is 2.80. The maximum absolute atomic E-state index is 11.6. The van der Waals surface area contributed by atoms with Gasteiger partial charge in [0, 0.05) is 6.42 Å². The minimum atomic E-state index is -0.437. The van der Waals surface area contributed by atoms with Gasteiger partial charge in [0.05, 0.1) is 18.8 Å². The molecule has 0 spiro atoms. The van der Waals surface area contributed by atoms with Gasteiger partial charge in [-0.05, 0) is 53.9 Å². The lowest BCUT2D eigenvalue weighted by molar-refractivity contribution is 0.0602. The zero-order valence-corrected chi connectivity index (χ0v) is 13.2. The molecule has 2 radical (unpaired) electrons. The summed E-state index contributed by atoms with van der Waals surface area (Å²) in [6.45, 7) is 3.90. The van der Waals surface area contributed by atoms with E-state index in [0.29, 0.717) is 16.8 Å². The highest BCUT2D eigenvalue weighted by Gasteiger charge is 2.14. The van der Waals surface area contributed by atoms with Gasteiger partial charge in [0.1, 0.15) is 13.6 Å². The molecule has 1 aromatic heterocycles. The van der Waals surface area contributed by atoms with Crippen LogP contribution in [0.1, 0.15) is 28.4 Å². The van der Waals surface area contributed by atoms with Gasteiger partial charge in [0.25, 0.3) is 0 Å². The van der Waals surface area contributed by atoms with Crippen molar-refractivity contribution in [3.05, 3.63) is 45.6 Å². The SMILES string of the molecule is [B]c1cc(OC(C)Cc2ccsc2)c(C)cc1C(=O)OC. The van der Waals surface area contributed by atoms with Crippen molar-refractivity contribution in [2.75, 3.05) is 7.11 Å². The number of hydrogen-bond donors (Lipinski definition) is 0. The standard InChI is InChI=1S/C16H17BO3S/c1-10-6-13(16(18)19-3)14(17)8-15(10)20-11(2)7-12-4-5-21-9-12/h4-6,8-9,11H,7H2,1-3H3. The molecule has 5 heteroatoms. The summed E-state index contributed by atoms with van der Waals surface area (Å²) in [6, 6.07) is 5.48. The molecule has 3 nitrogen and oxygen atoms in total. The second kappa shape index (κ2) is 6.81. The summed E-state index contributed by atoms with van der Waals surface area (Å²) in [5.74, 6) is 0.261. The molecule has 0 saturated heterocycles. The van der Waals surface area contributed by atoms with Crippen molar-refractivity contribution in [3.63, 3.8) is 0 Å². The molecular weight excluding hydrogens is 283 g/mol. The molecule has 0 fully saturated rings. The predicted molar refractivity (Wildman–Crippen MR) is 86.0 cm³/mol. The molecule has 1 heterocycles. The van der Waals surface area contributed by atoms with Crippen molar-refractivity contribution >= 4 is 30.6 Å². The fourth-order valence-electron chi connectivity index (χ4n) is 2.12. The molecule has 1 unspecified atom stereocenters. The molecule has 0 amide bonds. The van der Waals surface area contributed by atoms with Gasteiger partial charge in [-0.25, -0.2) is 4.79 Å². The highest BCUT2D eigenvalue weighted by molar-refractivity contribution is 7.07. The highest BCUT2D eigenvalue weighted by Crippen LogP contribution is 2.21. The Morgan fingerprint density at radius 2 is 2.19 bits per heavy atom. The number of aryl methyl sites for hydroxylation is 1. The second-order valence-corrected chi connectivity index (χ2v) is 5.74. The molecule has 108 valence electrons. The lowest BCUT2D eigenvalue weighted by Gasteiger charge is -2.18. The number of hydrogen-bond acceptors (Lipinski definition) is 4. The van der Waals surface area contributed by atoms with E-state index in [-0.39, 0.29) is 6.10 Å². The Labute approximate surface area is 130 Å². The Bertz CT molecular complexity index is 623. The number of carbonyl (C=O) groups is 1. The van der Waals surface area contributed by atoms with E-state index in [2.05, 4.69) is 16.8 Å². The van der Waals surface area contributed by atoms with Crippen LogP contribution in [-0.4, -0.2) is 27.0 Å². The number of thiophene rings is 1. The van der Waals surface area contributed by atoms with Gasteiger partial charge in [-0.2, -0.15) is 11.3 Å². The van der Waals surface area contributed by atoms with Crippen molar-refractivity contribution in [1.29, 1.82) is 0 Å². The summed E-state index contributed by atoms with van der Waals surface area (Å²) < 4.78 is 10.6. The maximum Gasteiger partial charge on any atom is 0.337 e. The fraction of sp³-hybridized carbons (Fsp3) is 0.312. The highest BCUT2D eigenvalue weighted by atomic mass is 32.1. The molecule has 1 atom stereocenters. The summed E-state index contributed by atoms with van der Waals surface area (Å²) in [4.78, 5) is 11.6. The van der Waals surface area contributed by atoms with E-state index < -0.39 is 5.97 Å². The number of carbonyl (C=O) groups excluding carboxylic acids is 1. The van der Waals surface area contributed by atoms with Gasteiger partial charge in [0.15, 0.2) is 0 Å². The lowest BCUT2D eigenvalue weighted by Crippen LogP contribution is -2.20. The van der Waals surface area contributed by atoms with E-state index in [1.165, 1.54) is 12.7 Å². The average molecular weight is 300 g/mol. The van der Waals surface area contributed by atoms with Crippen LogP contribution >= 0.6 is 11.3 Å². The Hall–Kier alpha value is -1.75. The first kappa shape index (κ1) is 15.6. The van der Waals surface area contributed by atoms with E-state index in [9.17, 15) is 4.79 Å². The molecule has 2 rings (SSSR count). The molecule has 1 aromatic carbocycles. The van der Waals surface area contributed by atoms with Crippen molar-refractivity contribution in [2.45, 2.75) is 26.4 Å². The average Bonchev–Trinajstić information content (AvgIpc) is 2.94. The van der Waals surface area contributed by atoms with Crippen LogP contribution in [0, 0.1) is 6.92 Å². The Morgan fingerprint density at radius 3 is 2.81 bits per heavy atom. The van der Waals surface area contributed by atoms with E-state index in [1.54, 1.807) is 23.5 Å². The summed E-state index contributed by atoms with van der Waals surface area (Å²) in [5.41, 5.74) is 2.85. The maximum atomic E-state index is 11.6. The van der Waals surface area contributed by atoms with Crippen LogP contribution < -0.4 is 10.2 Å². The molecule has 0 aliphatic carbocycles. The first-order valence-electron chi connectivity index (χ1n) is 6.67. The van der Waals surface area contributed by atoms with E-state index in [0.717, 1.165) is 12.0 Å². The third-order valence-electron chi connectivity index (χ3n) is 3.18.